The van der Waals surface area contributed by atoms with E-state index >= 15 is 0 Å². The minimum atomic E-state index is 0.542. The third kappa shape index (κ3) is 1.82. The Bertz CT molecular complexity index is 289. The molecule has 1 aromatic rings. The molecule has 1 aliphatic rings. The minimum Gasteiger partial charge on any atom is -0.381 e. The summed E-state index contributed by atoms with van der Waals surface area (Å²) in [5.74, 6) is 1.10. The van der Waals surface area contributed by atoms with Crippen molar-refractivity contribution >= 4 is 0 Å². The van der Waals surface area contributed by atoms with Crippen LogP contribution in [-0.2, 0) is 4.74 Å². The average molecular weight is 194 g/mol. The fraction of sp³-hybridized carbons (Fsp3) is 0.727. The zero-order valence-corrected chi connectivity index (χ0v) is 8.92. The van der Waals surface area contributed by atoms with Crippen molar-refractivity contribution in [3.63, 3.8) is 0 Å². The second-order valence-corrected chi connectivity index (χ2v) is 4.12. The highest BCUT2D eigenvalue weighted by atomic mass is 16.5. The molecule has 2 rings (SSSR count). The molecule has 1 fully saturated rings. The number of nitrogens with one attached hydrogen (secondary N) is 1. The van der Waals surface area contributed by atoms with Gasteiger partial charge < -0.3 is 4.74 Å². The number of H-pyrrole nitrogens is 1. The molecule has 1 aromatic heterocycles. The van der Waals surface area contributed by atoms with E-state index in [2.05, 4.69) is 30.1 Å². The van der Waals surface area contributed by atoms with Crippen LogP contribution in [-0.4, -0.2) is 23.4 Å². The van der Waals surface area contributed by atoms with E-state index < -0.39 is 0 Å². The van der Waals surface area contributed by atoms with E-state index in [4.69, 9.17) is 4.74 Å². The minimum absolute atomic E-state index is 0.542. The van der Waals surface area contributed by atoms with Crippen molar-refractivity contribution in [3.8, 4) is 0 Å². The molecule has 1 saturated heterocycles. The van der Waals surface area contributed by atoms with Gasteiger partial charge in [0.05, 0.1) is 12.3 Å². The Morgan fingerprint density at radius 1 is 1.71 bits per heavy atom. The first-order valence-electron chi connectivity index (χ1n) is 5.44. The van der Waals surface area contributed by atoms with Gasteiger partial charge in [-0.1, -0.05) is 13.8 Å². The molecule has 0 aromatic carbocycles. The number of aromatic nitrogens is 2. The third-order valence-electron chi connectivity index (χ3n) is 3.10. The van der Waals surface area contributed by atoms with Crippen molar-refractivity contribution in [3.05, 3.63) is 17.5 Å². The molecular formula is C11H18N2O. The van der Waals surface area contributed by atoms with Gasteiger partial charge in [0, 0.05) is 18.2 Å². The van der Waals surface area contributed by atoms with Crippen molar-refractivity contribution in [1.29, 1.82) is 0 Å². The van der Waals surface area contributed by atoms with Gasteiger partial charge in [0.2, 0.25) is 0 Å². The highest BCUT2D eigenvalue weighted by Gasteiger charge is 2.20. The summed E-state index contributed by atoms with van der Waals surface area (Å²) >= 11 is 0. The van der Waals surface area contributed by atoms with Gasteiger partial charge in [0.15, 0.2) is 0 Å². The standard InChI is InChI=1S/C11H18N2O/c1-3-8(2)10-6-11(13-12-10)9-4-5-14-7-9/h6,8-9H,3-5,7H2,1-2H3,(H,12,13). The third-order valence-corrected chi connectivity index (χ3v) is 3.10. The van der Waals surface area contributed by atoms with Crippen molar-refractivity contribution in [2.24, 2.45) is 0 Å². The molecule has 78 valence electrons. The van der Waals surface area contributed by atoms with Gasteiger partial charge in [-0.3, -0.25) is 5.10 Å². The molecular weight excluding hydrogens is 176 g/mol. The Balaban J connectivity index is 2.08. The molecule has 3 nitrogen and oxygen atoms in total. The summed E-state index contributed by atoms with van der Waals surface area (Å²) in [5.41, 5.74) is 2.44. The highest BCUT2D eigenvalue weighted by molar-refractivity contribution is 5.16. The van der Waals surface area contributed by atoms with Gasteiger partial charge in [0.1, 0.15) is 0 Å². The van der Waals surface area contributed by atoms with Gasteiger partial charge >= 0.3 is 0 Å². The Morgan fingerprint density at radius 3 is 3.21 bits per heavy atom. The molecule has 0 amide bonds. The Kier molecular flexibility index (Phi) is 2.87. The number of ether oxygens (including phenoxy) is 1. The van der Waals surface area contributed by atoms with Crippen LogP contribution in [0.1, 0.15) is 49.9 Å². The van der Waals surface area contributed by atoms with Gasteiger partial charge in [-0.05, 0) is 24.8 Å². The molecule has 14 heavy (non-hydrogen) atoms. The maximum atomic E-state index is 5.36. The lowest BCUT2D eigenvalue weighted by atomic mass is 10.0. The van der Waals surface area contributed by atoms with E-state index in [1.807, 2.05) is 0 Å². The van der Waals surface area contributed by atoms with Crippen molar-refractivity contribution in [2.75, 3.05) is 13.2 Å². The smallest absolute Gasteiger partial charge is 0.0653 e. The first-order valence-corrected chi connectivity index (χ1v) is 5.44. The van der Waals surface area contributed by atoms with Crippen LogP contribution in [0.4, 0.5) is 0 Å². The Morgan fingerprint density at radius 2 is 2.57 bits per heavy atom. The van der Waals surface area contributed by atoms with Crippen molar-refractivity contribution in [2.45, 2.75) is 38.5 Å². The molecule has 1 N–H and O–H groups in total. The quantitative estimate of drug-likeness (QED) is 0.802. The Hall–Kier alpha value is -0.830. The zero-order valence-electron chi connectivity index (χ0n) is 8.92. The molecule has 0 spiro atoms. The predicted octanol–water partition coefficient (Wildman–Crippen LogP) is 2.43. The van der Waals surface area contributed by atoms with Crippen LogP contribution in [0.5, 0.6) is 0 Å². The molecule has 2 unspecified atom stereocenters. The van der Waals surface area contributed by atoms with Gasteiger partial charge in [-0.15, -0.1) is 0 Å². The van der Waals surface area contributed by atoms with E-state index in [-0.39, 0.29) is 0 Å². The summed E-state index contributed by atoms with van der Waals surface area (Å²) in [5, 5.41) is 7.48. The molecule has 1 aliphatic heterocycles. The summed E-state index contributed by atoms with van der Waals surface area (Å²) < 4.78 is 5.36. The van der Waals surface area contributed by atoms with Crippen molar-refractivity contribution in [1.82, 2.24) is 10.2 Å². The van der Waals surface area contributed by atoms with E-state index in [9.17, 15) is 0 Å². The number of nitrogens with zero attached hydrogens (tertiary/aromatic N) is 1. The van der Waals surface area contributed by atoms with Gasteiger partial charge in [-0.2, -0.15) is 5.10 Å². The Labute approximate surface area is 84.9 Å². The van der Waals surface area contributed by atoms with Crippen LogP contribution < -0.4 is 0 Å². The maximum absolute atomic E-state index is 5.36. The van der Waals surface area contributed by atoms with Crippen LogP contribution in [0, 0.1) is 0 Å². The van der Waals surface area contributed by atoms with Crippen molar-refractivity contribution < 1.29 is 4.74 Å². The summed E-state index contributed by atoms with van der Waals surface area (Å²) in [4.78, 5) is 0. The van der Waals surface area contributed by atoms with Crippen LogP contribution in [0.15, 0.2) is 6.07 Å². The number of aromatic amines is 1. The molecule has 0 saturated carbocycles. The van der Waals surface area contributed by atoms with Gasteiger partial charge in [-0.25, -0.2) is 0 Å². The summed E-state index contributed by atoms with van der Waals surface area (Å²) in [6, 6.07) is 2.20. The highest BCUT2D eigenvalue weighted by Crippen LogP contribution is 2.26. The SMILES string of the molecule is CCC(C)c1cc(C2CCOC2)[nH]n1. The van der Waals surface area contributed by atoms with Crippen LogP contribution in [0.2, 0.25) is 0 Å². The van der Waals surface area contributed by atoms with Crippen LogP contribution >= 0.6 is 0 Å². The lowest BCUT2D eigenvalue weighted by Gasteiger charge is -2.03. The monoisotopic (exact) mass is 194 g/mol. The van der Waals surface area contributed by atoms with Crippen LogP contribution in [0.3, 0.4) is 0 Å². The molecule has 0 aliphatic carbocycles. The summed E-state index contributed by atoms with van der Waals surface area (Å²) in [6.07, 6.45) is 2.27. The molecule has 2 atom stereocenters. The summed E-state index contributed by atoms with van der Waals surface area (Å²) in [7, 11) is 0. The number of hydrogen-bond acceptors (Lipinski definition) is 2. The lowest BCUT2D eigenvalue weighted by molar-refractivity contribution is 0.193. The summed E-state index contributed by atoms with van der Waals surface area (Å²) in [6.45, 7) is 6.15. The second-order valence-electron chi connectivity index (χ2n) is 4.12. The fourth-order valence-corrected chi connectivity index (χ4v) is 1.80. The zero-order chi connectivity index (χ0) is 9.97. The van der Waals surface area contributed by atoms with E-state index in [0.717, 1.165) is 26.1 Å². The first kappa shape index (κ1) is 9.71. The molecule has 0 bridgehead atoms. The number of hydrogen-bond donors (Lipinski definition) is 1. The topological polar surface area (TPSA) is 37.9 Å². The van der Waals surface area contributed by atoms with E-state index in [1.165, 1.54) is 11.4 Å². The molecule has 2 heterocycles. The molecule has 3 heteroatoms. The molecule has 0 radical (unpaired) electrons. The van der Waals surface area contributed by atoms with Crippen LogP contribution in [0.25, 0.3) is 0 Å². The fourth-order valence-electron chi connectivity index (χ4n) is 1.80. The normalized spacial score (nSPS) is 24.0. The first-order chi connectivity index (χ1) is 6.81. The van der Waals surface area contributed by atoms with E-state index in [1.54, 1.807) is 0 Å². The largest absolute Gasteiger partial charge is 0.381 e. The second kappa shape index (κ2) is 4.13. The lowest BCUT2D eigenvalue weighted by Crippen LogP contribution is -1.97. The number of rotatable bonds is 3. The maximum Gasteiger partial charge on any atom is 0.0653 e. The van der Waals surface area contributed by atoms with E-state index in [0.29, 0.717) is 11.8 Å². The predicted molar refractivity (Wildman–Crippen MR) is 55.5 cm³/mol. The van der Waals surface area contributed by atoms with Gasteiger partial charge in [0.25, 0.3) is 0 Å². The average Bonchev–Trinajstić information content (AvgIpc) is 2.86.